The summed E-state index contributed by atoms with van der Waals surface area (Å²) < 4.78 is 10.8. The van der Waals surface area contributed by atoms with E-state index in [1.807, 2.05) is 6.07 Å². The quantitative estimate of drug-likeness (QED) is 0.332. The van der Waals surface area contributed by atoms with Crippen LogP contribution in [-0.4, -0.2) is 52.4 Å². The maximum absolute atomic E-state index is 5.39. The van der Waals surface area contributed by atoms with Crippen LogP contribution in [0.3, 0.4) is 0 Å². The second kappa shape index (κ2) is 12.2. The number of anilines is 1. The Morgan fingerprint density at radius 2 is 1.89 bits per heavy atom. The van der Waals surface area contributed by atoms with Crippen LogP contribution in [-0.2, 0) is 0 Å². The molecule has 0 saturated carbocycles. The van der Waals surface area contributed by atoms with E-state index in [1.54, 1.807) is 14.2 Å². The summed E-state index contributed by atoms with van der Waals surface area (Å²) in [6, 6.07) is 6.41. The number of ether oxygens (including phenoxy) is 2. The predicted molar refractivity (Wildman–Crippen MR) is 124 cm³/mol. The van der Waals surface area contributed by atoms with Crippen LogP contribution in [0.4, 0.5) is 5.69 Å². The normalized spacial score (nSPS) is 16.9. The smallest absolute Gasteiger partial charge is 0.191 e. The Labute approximate surface area is 181 Å². The Morgan fingerprint density at radius 3 is 2.44 bits per heavy atom. The number of nitrogens with zero attached hydrogens (tertiary/aromatic N) is 2. The highest BCUT2D eigenvalue weighted by atomic mass is 127. The van der Waals surface area contributed by atoms with Crippen LogP contribution in [0.1, 0.15) is 33.6 Å². The van der Waals surface area contributed by atoms with E-state index in [0.29, 0.717) is 12.0 Å². The van der Waals surface area contributed by atoms with Crippen LogP contribution >= 0.6 is 24.0 Å². The minimum absolute atomic E-state index is 0. The molecule has 1 heterocycles. The van der Waals surface area contributed by atoms with Gasteiger partial charge in [0.1, 0.15) is 11.5 Å². The summed E-state index contributed by atoms with van der Waals surface area (Å²) in [5.74, 6) is 3.23. The van der Waals surface area contributed by atoms with Crippen molar-refractivity contribution in [3.63, 3.8) is 0 Å². The van der Waals surface area contributed by atoms with Crippen LogP contribution in [0.2, 0.25) is 0 Å². The summed E-state index contributed by atoms with van der Waals surface area (Å²) in [4.78, 5) is 7.07. The lowest BCUT2D eigenvalue weighted by atomic mass is 10.1. The summed E-state index contributed by atoms with van der Waals surface area (Å²) in [6.07, 6.45) is 2.19. The van der Waals surface area contributed by atoms with Crippen molar-refractivity contribution in [1.82, 2.24) is 10.6 Å². The van der Waals surface area contributed by atoms with Crippen LogP contribution in [0.25, 0.3) is 0 Å². The van der Waals surface area contributed by atoms with Crippen molar-refractivity contribution in [2.45, 2.75) is 39.7 Å². The molecule has 0 aliphatic carbocycles. The van der Waals surface area contributed by atoms with Gasteiger partial charge < -0.3 is 25.0 Å². The number of methoxy groups -OCH3 is 2. The van der Waals surface area contributed by atoms with Gasteiger partial charge in [0.2, 0.25) is 0 Å². The topological polar surface area (TPSA) is 58.1 Å². The number of aliphatic imine (C=N–C) groups is 1. The molecule has 0 spiro atoms. The summed E-state index contributed by atoms with van der Waals surface area (Å²) in [5, 5.41) is 6.94. The number of halogens is 1. The number of nitrogens with one attached hydrogen (secondary N) is 2. The maximum atomic E-state index is 5.39. The molecule has 0 amide bonds. The van der Waals surface area contributed by atoms with E-state index in [1.165, 1.54) is 0 Å². The van der Waals surface area contributed by atoms with E-state index in [-0.39, 0.29) is 24.0 Å². The van der Waals surface area contributed by atoms with Gasteiger partial charge in [-0.25, -0.2) is 0 Å². The van der Waals surface area contributed by atoms with Gasteiger partial charge in [0.15, 0.2) is 5.96 Å². The van der Waals surface area contributed by atoms with E-state index >= 15 is 0 Å². The van der Waals surface area contributed by atoms with Gasteiger partial charge in [0, 0.05) is 56.1 Å². The molecule has 0 aromatic heterocycles. The van der Waals surface area contributed by atoms with Crippen LogP contribution in [0, 0.1) is 5.92 Å². The molecule has 7 heteroatoms. The van der Waals surface area contributed by atoms with Crippen molar-refractivity contribution >= 4 is 35.6 Å². The minimum Gasteiger partial charge on any atom is -0.497 e. The molecule has 2 rings (SSSR count). The molecule has 1 aromatic rings. The molecule has 154 valence electrons. The number of guanidine groups is 1. The van der Waals surface area contributed by atoms with E-state index in [4.69, 9.17) is 14.5 Å². The van der Waals surface area contributed by atoms with Crippen molar-refractivity contribution in [3.05, 3.63) is 18.2 Å². The largest absolute Gasteiger partial charge is 0.497 e. The van der Waals surface area contributed by atoms with Crippen LogP contribution in [0.15, 0.2) is 23.2 Å². The highest BCUT2D eigenvalue weighted by molar-refractivity contribution is 14.0. The van der Waals surface area contributed by atoms with Crippen molar-refractivity contribution in [2.24, 2.45) is 10.9 Å². The first-order chi connectivity index (χ1) is 12.5. The van der Waals surface area contributed by atoms with Gasteiger partial charge in [-0.15, -0.1) is 24.0 Å². The highest BCUT2D eigenvalue weighted by Gasteiger charge is 2.24. The standard InChI is InChI=1S/C20H34N4O2.HI/c1-6-21-20(22-9-7-15(2)3)23-16-8-10-24(14-16)17-11-18(25-4)13-19(12-17)26-5;/h11-13,15-16H,6-10,14H2,1-5H3,(H2,21,22,23);1H. The lowest BCUT2D eigenvalue weighted by Crippen LogP contribution is -2.44. The van der Waals surface area contributed by atoms with Crippen molar-refractivity contribution in [2.75, 3.05) is 45.3 Å². The van der Waals surface area contributed by atoms with Gasteiger partial charge in [-0.05, 0) is 25.7 Å². The first-order valence-corrected chi connectivity index (χ1v) is 9.58. The van der Waals surface area contributed by atoms with Gasteiger partial charge >= 0.3 is 0 Å². The molecule has 0 bridgehead atoms. The van der Waals surface area contributed by atoms with Crippen molar-refractivity contribution in [1.29, 1.82) is 0 Å². The monoisotopic (exact) mass is 490 g/mol. The molecule has 1 aromatic carbocycles. The molecule has 2 N–H and O–H groups in total. The third-order valence-electron chi connectivity index (χ3n) is 4.55. The molecule has 27 heavy (non-hydrogen) atoms. The fourth-order valence-corrected chi connectivity index (χ4v) is 3.04. The Kier molecular flexibility index (Phi) is 10.6. The second-order valence-electron chi connectivity index (χ2n) is 7.09. The molecule has 1 aliphatic heterocycles. The van der Waals surface area contributed by atoms with Crippen molar-refractivity contribution in [3.8, 4) is 11.5 Å². The molecular formula is C20H35IN4O2. The minimum atomic E-state index is 0. The molecule has 1 fully saturated rings. The summed E-state index contributed by atoms with van der Waals surface area (Å²) in [5.41, 5.74) is 1.13. The summed E-state index contributed by atoms with van der Waals surface area (Å²) in [7, 11) is 3.37. The van der Waals surface area contributed by atoms with Gasteiger partial charge in [0.25, 0.3) is 0 Å². The predicted octanol–water partition coefficient (Wildman–Crippen LogP) is 3.50. The Hall–Kier alpha value is -1.38. The summed E-state index contributed by atoms with van der Waals surface area (Å²) in [6.45, 7) is 10.2. The fourth-order valence-electron chi connectivity index (χ4n) is 3.04. The zero-order chi connectivity index (χ0) is 18.9. The Morgan fingerprint density at radius 1 is 1.22 bits per heavy atom. The molecular weight excluding hydrogens is 455 g/mol. The van der Waals surface area contributed by atoms with Gasteiger partial charge in [-0.2, -0.15) is 0 Å². The summed E-state index contributed by atoms with van der Waals surface area (Å²) >= 11 is 0. The SMILES string of the molecule is CCNC(=NCCC(C)C)NC1CCN(c2cc(OC)cc(OC)c2)C1.I. The van der Waals surface area contributed by atoms with Gasteiger partial charge in [-0.1, -0.05) is 13.8 Å². The zero-order valence-corrected chi connectivity index (χ0v) is 19.6. The molecule has 1 atom stereocenters. The molecule has 6 nitrogen and oxygen atoms in total. The Balaban J connectivity index is 0.00000364. The first-order valence-electron chi connectivity index (χ1n) is 9.58. The maximum Gasteiger partial charge on any atom is 0.191 e. The average molecular weight is 490 g/mol. The molecule has 1 saturated heterocycles. The van der Waals surface area contributed by atoms with E-state index in [0.717, 1.165) is 62.2 Å². The Bertz CT molecular complexity index is 573. The van der Waals surface area contributed by atoms with Crippen LogP contribution < -0.4 is 25.0 Å². The van der Waals surface area contributed by atoms with Gasteiger partial charge in [-0.3, -0.25) is 4.99 Å². The first kappa shape index (κ1) is 23.7. The number of hydrogen-bond acceptors (Lipinski definition) is 4. The number of hydrogen-bond donors (Lipinski definition) is 2. The lowest BCUT2D eigenvalue weighted by molar-refractivity contribution is 0.394. The third kappa shape index (κ3) is 7.63. The third-order valence-corrected chi connectivity index (χ3v) is 4.55. The zero-order valence-electron chi connectivity index (χ0n) is 17.2. The second-order valence-corrected chi connectivity index (χ2v) is 7.09. The van der Waals surface area contributed by atoms with Crippen LogP contribution in [0.5, 0.6) is 11.5 Å². The average Bonchev–Trinajstić information content (AvgIpc) is 3.09. The van der Waals surface area contributed by atoms with Gasteiger partial charge in [0.05, 0.1) is 14.2 Å². The number of rotatable bonds is 8. The van der Waals surface area contributed by atoms with Crippen molar-refractivity contribution < 1.29 is 9.47 Å². The highest BCUT2D eigenvalue weighted by Crippen LogP contribution is 2.30. The molecule has 1 unspecified atom stereocenters. The molecule has 1 aliphatic rings. The fraction of sp³-hybridized carbons (Fsp3) is 0.650. The van der Waals surface area contributed by atoms with E-state index in [2.05, 4.69) is 48.4 Å². The number of benzene rings is 1. The van der Waals surface area contributed by atoms with E-state index < -0.39 is 0 Å². The molecule has 0 radical (unpaired) electrons. The van der Waals surface area contributed by atoms with E-state index in [9.17, 15) is 0 Å². The lowest BCUT2D eigenvalue weighted by Gasteiger charge is -2.21.